The summed E-state index contributed by atoms with van der Waals surface area (Å²) in [4.78, 5) is 11.7. The van der Waals surface area contributed by atoms with Crippen LogP contribution < -0.4 is 5.43 Å². The van der Waals surface area contributed by atoms with Gasteiger partial charge in [0.15, 0.2) is 0 Å². The Bertz CT molecular complexity index is 654. The third-order valence-corrected chi connectivity index (χ3v) is 3.01. The summed E-state index contributed by atoms with van der Waals surface area (Å²) >= 11 is 11.6. The Labute approximate surface area is 125 Å². The Hall–Kier alpha value is -1.91. The molecule has 2 aromatic rings. The molecule has 0 aliphatic heterocycles. The number of hydrazone groups is 1. The van der Waals surface area contributed by atoms with Crippen LogP contribution in [0, 0.1) is 5.82 Å². The van der Waals surface area contributed by atoms with E-state index in [9.17, 15) is 9.18 Å². The van der Waals surface area contributed by atoms with Crippen LogP contribution in [0.2, 0.25) is 10.0 Å². The molecular weight excluding hydrogens is 302 g/mol. The third-order valence-electron chi connectivity index (χ3n) is 2.45. The van der Waals surface area contributed by atoms with Crippen molar-refractivity contribution in [2.45, 2.75) is 0 Å². The number of carbonyl (C=O) groups excluding carboxylic acids is 1. The maximum atomic E-state index is 13.4. The lowest BCUT2D eigenvalue weighted by molar-refractivity contribution is 0.0955. The molecule has 0 bridgehead atoms. The van der Waals surface area contributed by atoms with Crippen molar-refractivity contribution in [2.24, 2.45) is 5.10 Å². The van der Waals surface area contributed by atoms with Gasteiger partial charge in [-0.1, -0.05) is 35.3 Å². The van der Waals surface area contributed by atoms with Crippen molar-refractivity contribution in [3.05, 3.63) is 69.5 Å². The maximum absolute atomic E-state index is 13.4. The molecule has 0 spiro atoms. The highest BCUT2D eigenvalue weighted by Gasteiger charge is 2.06. The predicted molar refractivity (Wildman–Crippen MR) is 77.9 cm³/mol. The average Bonchev–Trinajstić information content (AvgIpc) is 2.42. The van der Waals surface area contributed by atoms with Gasteiger partial charge < -0.3 is 0 Å². The fraction of sp³-hybridized carbons (Fsp3) is 0. The van der Waals surface area contributed by atoms with Crippen LogP contribution in [0.4, 0.5) is 4.39 Å². The van der Waals surface area contributed by atoms with E-state index in [2.05, 4.69) is 10.5 Å². The summed E-state index contributed by atoms with van der Waals surface area (Å²) in [5, 5.41) is 4.33. The zero-order valence-corrected chi connectivity index (χ0v) is 11.6. The fourth-order valence-electron chi connectivity index (χ4n) is 1.48. The Morgan fingerprint density at radius 3 is 2.65 bits per heavy atom. The van der Waals surface area contributed by atoms with Gasteiger partial charge in [-0.3, -0.25) is 4.79 Å². The van der Waals surface area contributed by atoms with Crippen molar-refractivity contribution in [1.29, 1.82) is 0 Å². The van der Waals surface area contributed by atoms with Gasteiger partial charge in [0.05, 0.1) is 11.2 Å². The number of hydrogen-bond donors (Lipinski definition) is 1. The molecule has 0 aliphatic rings. The number of rotatable bonds is 3. The summed E-state index contributed by atoms with van der Waals surface area (Å²) in [6, 6.07) is 10.7. The van der Waals surface area contributed by atoms with E-state index in [1.54, 1.807) is 18.2 Å². The Kier molecular flexibility index (Phi) is 4.71. The minimum Gasteiger partial charge on any atom is -0.267 e. The molecule has 0 aliphatic carbocycles. The molecule has 3 nitrogen and oxygen atoms in total. The van der Waals surface area contributed by atoms with Gasteiger partial charge >= 0.3 is 0 Å². The van der Waals surface area contributed by atoms with Gasteiger partial charge in [0.25, 0.3) is 5.91 Å². The zero-order valence-electron chi connectivity index (χ0n) is 10.1. The molecule has 0 heterocycles. The van der Waals surface area contributed by atoms with E-state index in [-0.39, 0.29) is 10.6 Å². The lowest BCUT2D eigenvalue weighted by Gasteiger charge is -2.01. The van der Waals surface area contributed by atoms with Gasteiger partial charge in [0.2, 0.25) is 0 Å². The number of amides is 1. The number of halogens is 3. The Balaban J connectivity index is 2.09. The van der Waals surface area contributed by atoms with Crippen molar-refractivity contribution in [3.8, 4) is 0 Å². The van der Waals surface area contributed by atoms with E-state index in [1.165, 1.54) is 24.3 Å². The molecule has 0 saturated carbocycles. The second-order valence-electron chi connectivity index (χ2n) is 3.84. The van der Waals surface area contributed by atoms with Gasteiger partial charge in [-0.15, -0.1) is 0 Å². The van der Waals surface area contributed by atoms with Crippen molar-refractivity contribution in [1.82, 2.24) is 5.43 Å². The van der Waals surface area contributed by atoms with Crippen LogP contribution in [0.5, 0.6) is 0 Å². The van der Waals surface area contributed by atoms with E-state index in [1.807, 2.05) is 0 Å². The molecule has 2 aromatic carbocycles. The molecule has 0 fully saturated rings. The molecule has 20 heavy (non-hydrogen) atoms. The van der Waals surface area contributed by atoms with E-state index in [4.69, 9.17) is 23.2 Å². The van der Waals surface area contributed by atoms with Gasteiger partial charge in [-0.2, -0.15) is 5.10 Å². The van der Waals surface area contributed by atoms with E-state index in [0.29, 0.717) is 10.6 Å². The Morgan fingerprint density at radius 2 is 1.95 bits per heavy atom. The van der Waals surface area contributed by atoms with Crippen LogP contribution in [0.15, 0.2) is 47.6 Å². The summed E-state index contributed by atoms with van der Waals surface area (Å²) in [7, 11) is 0. The third kappa shape index (κ3) is 3.56. The molecule has 0 aromatic heterocycles. The van der Waals surface area contributed by atoms with Crippen LogP contribution >= 0.6 is 23.2 Å². The first-order chi connectivity index (χ1) is 9.58. The van der Waals surface area contributed by atoms with E-state index < -0.39 is 11.7 Å². The summed E-state index contributed by atoms with van der Waals surface area (Å²) < 4.78 is 13.4. The first-order valence-corrected chi connectivity index (χ1v) is 6.36. The summed E-state index contributed by atoms with van der Waals surface area (Å²) in [5.41, 5.74) is 2.74. The lowest BCUT2D eigenvalue weighted by Crippen LogP contribution is -2.17. The first-order valence-electron chi connectivity index (χ1n) is 5.61. The highest BCUT2D eigenvalue weighted by molar-refractivity contribution is 6.33. The van der Waals surface area contributed by atoms with Crippen LogP contribution in [0.3, 0.4) is 0 Å². The topological polar surface area (TPSA) is 41.5 Å². The molecule has 0 saturated heterocycles. The first kappa shape index (κ1) is 14.5. The number of carbonyl (C=O) groups is 1. The van der Waals surface area contributed by atoms with Gasteiger partial charge in [0, 0.05) is 16.1 Å². The van der Waals surface area contributed by atoms with E-state index in [0.717, 1.165) is 6.21 Å². The zero-order chi connectivity index (χ0) is 14.5. The van der Waals surface area contributed by atoms with E-state index >= 15 is 0 Å². The highest BCUT2D eigenvalue weighted by Crippen LogP contribution is 2.16. The van der Waals surface area contributed by atoms with Gasteiger partial charge in [-0.25, -0.2) is 9.82 Å². The average molecular weight is 311 g/mol. The molecule has 1 N–H and O–H groups in total. The molecule has 0 atom stereocenters. The van der Waals surface area contributed by atoms with Crippen LogP contribution in [0.1, 0.15) is 15.9 Å². The minimum absolute atomic E-state index is 0.112. The molecule has 6 heteroatoms. The highest BCUT2D eigenvalue weighted by atomic mass is 35.5. The summed E-state index contributed by atoms with van der Waals surface area (Å²) in [6.07, 6.45) is 1.15. The second-order valence-corrected chi connectivity index (χ2v) is 4.69. The quantitative estimate of drug-likeness (QED) is 0.678. The summed E-state index contributed by atoms with van der Waals surface area (Å²) in [5.74, 6) is -0.963. The van der Waals surface area contributed by atoms with Gasteiger partial charge in [-0.05, 0) is 30.3 Å². The van der Waals surface area contributed by atoms with Crippen molar-refractivity contribution < 1.29 is 9.18 Å². The number of nitrogens with one attached hydrogen (secondary N) is 1. The molecule has 0 unspecified atom stereocenters. The lowest BCUT2D eigenvalue weighted by atomic mass is 10.2. The second kappa shape index (κ2) is 6.50. The maximum Gasteiger partial charge on any atom is 0.271 e. The minimum atomic E-state index is -0.516. The van der Waals surface area contributed by atoms with Crippen LogP contribution in [-0.4, -0.2) is 12.1 Å². The molecule has 102 valence electrons. The molecular formula is C14H9Cl2FN2O. The van der Waals surface area contributed by atoms with Crippen molar-refractivity contribution in [3.63, 3.8) is 0 Å². The molecule has 0 radical (unpaired) electrons. The van der Waals surface area contributed by atoms with Crippen molar-refractivity contribution in [2.75, 3.05) is 0 Å². The van der Waals surface area contributed by atoms with Gasteiger partial charge in [0.1, 0.15) is 5.82 Å². The standard InChI is InChI=1S/C14H9Cl2FN2O/c15-10-4-1-3-9(7-10)14(20)19-18-8-11-12(16)5-2-6-13(11)17/h1-8H,(H,19,20). The predicted octanol–water partition coefficient (Wildman–Crippen LogP) is 3.90. The smallest absolute Gasteiger partial charge is 0.267 e. The number of hydrogen-bond acceptors (Lipinski definition) is 2. The largest absolute Gasteiger partial charge is 0.271 e. The fourth-order valence-corrected chi connectivity index (χ4v) is 1.89. The summed E-state index contributed by atoms with van der Waals surface area (Å²) in [6.45, 7) is 0. The molecule has 2 rings (SSSR count). The van der Waals surface area contributed by atoms with Crippen LogP contribution in [-0.2, 0) is 0 Å². The SMILES string of the molecule is O=C(NN=Cc1c(F)cccc1Cl)c1cccc(Cl)c1. The molecule has 1 amide bonds. The monoisotopic (exact) mass is 310 g/mol. The Morgan fingerprint density at radius 1 is 1.20 bits per heavy atom. The normalized spacial score (nSPS) is 10.8. The van der Waals surface area contributed by atoms with Crippen LogP contribution in [0.25, 0.3) is 0 Å². The number of benzene rings is 2. The number of nitrogens with zero attached hydrogens (tertiary/aromatic N) is 1. The van der Waals surface area contributed by atoms with Crippen molar-refractivity contribution >= 4 is 35.3 Å².